The maximum Gasteiger partial charge on any atom is 0.262 e. The minimum atomic E-state index is -0.417. The van der Waals surface area contributed by atoms with Gasteiger partial charge in [0.2, 0.25) is 5.91 Å². The molecule has 118 valence electrons. The number of nitrogens with one attached hydrogen (secondary N) is 1. The van der Waals surface area contributed by atoms with Crippen molar-refractivity contribution >= 4 is 17.7 Å². The van der Waals surface area contributed by atoms with E-state index in [0.717, 1.165) is 17.9 Å². The van der Waals surface area contributed by atoms with Crippen LogP contribution in [0.5, 0.6) is 0 Å². The van der Waals surface area contributed by atoms with Crippen LogP contribution in [0.2, 0.25) is 0 Å². The van der Waals surface area contributed by atoms with E-state index in [2.05, 4.69) is 10.3 Å². The van der Waals surface area contributed by atoms with Crippen LogP contribution in [-0.2, 0) is 11.3 Å². The molecule has 23 heavy (non-hydrogen) atoms. The Balaban J connectivity index is 1.49. The number of fused-ring (bicyclic) bond motifs is 1. The fourth-order valence-corrected chi connectivity index (χ4v) is 2.49. The molecule has 3 rings (SSSR count). The van der Waals surface area contributed by atoms with Crippen LogP contribution in [-0.4, -0.2) is 45.3 Å². The Morgan fingerprint density at radius 3 is 2.43 bits per heavy atom. The maximum absolute atomic E-state index is 12.1. The number of benzene rings is 1. The highest BCUT2D eigenvalue weighted by atomic mass is 16.2. The van der Waals surface area contributed by atoms with Gasteiger partial charge in [0, 0.05) is 25.5 Å². The standard InChI is InChI=1S/C16H16N4O3/c21-14(18-6-3-8-19-9-7-17-11-19)10-20-15(22)12-4-1-2-5-13(12)16(20)23/h1-2,4-5,7,9,11H,3,6,8,10H2,(H,18,21). The zero-order chi connectivity index (χ0) is 16.2. The van der Waals surface area contributed by atoms with E-state index in [1.807, 2.05) is 10.8 Å². The maximum atomic E-state index is 12.1. The minimum Gasteiger partial charge on any atom is -0.354 e. The number of aromatic nitrogens is 2. The van der Waals surface area contributed by atoms with Gasteiger partial charge in [0.05, 0.1) is 17.5 Å². The Hall–Kier alpha value is -2.96. The molecule has 0 saturated heterocycles. The van der Waals surface area contributed by atoms with E-state index in [-0.39, 0.29) is 12.5 Å². The molecule has 0 atom stereocenters. The van der Waals surface area contributed by atoms with Gasteiger partial charge in [-0.15, -0.1) is 0 Å². The summed E-state index contributed by atoms with van der Waals surface area (Å²) in [6, 6.07) is 6.59. The Labute approximate surface area is 132 Å². The molecule has 7 nitrogen and oxygen atoms in total. The number of imidazole rings is 1. The molecule has 1 aliphatic rings. The van der Waals surface area contributed by atoms with Crippen LogP contribution in [0.1, 0.15) is 27.1 Å². The van der Waals surface area contributed by atoms with E-state index < -0.39 is 11.8 Å². The van der Waals surface area contributed by atoms with Crippen LogP contribution in [0, 0.1) is 0 Å². The summed E-state index contributed by atoms with van der Waals surface area (Å²) in [6.45, 7) is 0.963. The molecule has 1 aliphatic heterocycles. The smallest absolute Gasteiger partial charge is 0.262 e. The zero-order valence-electron chi connectivity index (χ0n) is 12.4. The molecular weight excluding hydrogens is 296 g/mol. The highest BCUT2D eigenvalue weighted by molar-refractivity contribution is 6.22. The first-order valence-electron chi connectivity index (χ1n) is 7.34. The largest absolute Gasteiger partial charge is 0.354 e. The molecule has 0 aliphatic carbocycles. The predicted molar refractivity (Wildman–Crippen MR) is 81.7 cm³/mol. The number of hydrogen-bond acceptors (Lipinski definition) is 4. The molecule has 1 N–H and O–H groups in total. The average Bonchev–Trinajstić information content (AvgIpc) is 3.15. The lowest BCUT2D eigenvalue weighted by molar-refractivity contribution is -0.121. The number of hydrogen-bond donors (Lipinski definition) is 1. The topological polar surface area (TPSA) is 84.3 Å². The monoisotopic (exact) mass is 312 g/mol. The first kappa shape index (κ1) is 15.0. The van der Waals surface area contributed by atoms with Crippen molar-refractivity contribution in [1.29, 1.82) is 0 Å². The quantitative estimate of drug-likeness (QED) is 0.628. The van der Waals surface area contributed by atoms with E-state index in [1.54, 1.807) is 36.8 Å². The third-order valence-electron chi connectivity index (χ3n) is 3.65. The van der Waals surface area contributed by atoms with E-state index in [9.17, 15) is 14.4 Å². The van der Waals surface area contributed by atoms with E-state index in [4.69, 9.17) is 0 Å². The molecule has 2 aromatic rings. The third-order valence-corrected chi connectivity index (χ3v) is 3.65. The van der Waals surface area contributed by atoms with Gasteiger partial charge in [-0.05, 0) is 18.6 Å². The number of imide groups is 1. The van der Waals surface area contributed by atoms with Gasteiger partial charge in [0.25, 0.3) is 11.8 Å². The van der Waals surface area contributed by atoms with Gasteiger partial charge in [0.1, 0.15) is 6.54 Å². The zero-order valence-corrected chi connectivity index (χ0v) is 12.4. The minimum absolute atomic E-state index is 0.253. The molecule has 0 radical (unpaired) electrons. The fraction of sp³-hybridized carbons (Fsp3) is 0.250. The molecule has 0 saturated carbocycles. The highest BCUT2D eigenvalue weighted by Crippen LogP contribution is 2.21. The summed E-state index contributed by atoms with van der Waals surface area (Å²) in [4.78, 5) is 41.1. The highest BCUT2D eigenvalue weighted by Gasteiger charge is 2.36. The second-order valence-corrected chi connectivity index (χ2v) is 5.25. The number of rotatable bonds is 6. The molecule has 0 bridgehead atoms. The van der Waals surface area contributed by atoms with Crippen molar-refractivity contribution < 1.29 is 14.4 Å². The van der Waals surface area contributed by atoms with Gasteiger partial charge in [0.15, 0.2) is 0 Å². The van der Waals surface area contributed by atoms with Crippen LogP contribution in [0.25, 0.3) is 0 Å². The van der Waals surface area contributed by atoms with Crippen molar-refractivity contribution in [3.8, 4) is 0 Å². The van der Waals surface area contributed by atoms with Gasteiger partial charge in [-0.25, -0.2) is 4.98 Å². The van der Waals surface area contributed by atoms with E-state index >= 15 is 0 Å². The Kier molecular flexibility index (Phi) is 4.18. The van der Waals surface area contributed by atoms with Gasteiger partial charge in [-0.1, -0.05) is 12.1 Å². The van der Waals surface area contributed by atoms with Gasteiger partial charge in [-0.3, -0.25) is 19.3 Å². The second kappa shape index (κ2) is 6.43. The van der Waals surface area contributed by atoms with Crippen LogP contribution in [0.4, 0.5) is 0 Å². The number of amides is 3. The number of carbonyl (C=O) groups is 3. The normalized spacial score (nSPS) is 13.3. The molecule has 7 heteroatoms. The van der Waals surface area contributed by atoms with Gasteiger partial charge in [-0.2, -0.15) is 0 Å². The summed E-state index contributed by atoms with van der Waals surface area (Å²) < 4.78 is 1.91. The Morgan fingerprint density at radius 2 is 1.83 bits per heavy atom. The molecule has 1 aromatic carbocycles. The van der Waals surface area contributed by atoms with Crippen molar-refractivity contribution in [1.82, 2.24) is 19.8 Å². The second-order valence-electron chi connectivity index (χ2n) is 5.25. The Morgan fingerprint density at radius 1 is 1.13 bits per heavy atom. The van der Waals surface area contributed by atoms with Crippen LogP contribution in [0.3, 0.4) is 0 Å². The summed E-state index contributed by atoms with van der Waals surface area (Å²) in [5.41, 5.74) is 0.704. The number of aryl methyl sites for hydroxylation is 1. The molecule has 0 spiro atoms. The number of nitrogens with zero attached hydrogens (tertiary/aromatic N) is 3. The molecular formula is C16H16N4O3. The Bertz CT molecular complexity index is 705. The molecule has 1 aromatic heterocycles. The summed E-state index contributed by atoms with van der Waals surface area (Å²) in [5.74, 6) is -1.18. The number of carbonyl (C=O) groups excluding carboxylic acids is 3. The summed E-state index contributed by atoms with van der Waals surface area (Å²) in [5, 5.41) is 2.72. The van der Waals surface area contributed by atoms with E-state index in [0.29, 0.717) is 17.7 Å². The summed E-state index contributed by atoms with van der Waals surface area (Å²) in [6.07, 6.45) is 5.99. The van der Waals surface area contributed by atoms with Crippen molar-refractivity contribution in [2.45, 2.75) is 13.0 Å². The molecule has 0 fully saturated rings. The first-order valence-corrected chi connectivity index (χ1v) is 7.34. The third kappa shape index (κ3) is 3.13. The summed E-state index contributed by atoms with van der Waals surface area (Å²) >= 11 is 0. The SMILES string of the molecule is O=C(CN1C(=O)c2ccccc2C1=O)NCCCn1ccnc1. The van der Waals surface area contributed by atoms with E-state index in [1.165, 1.54) is 0 Å². The lowest BCUT2D eigenvalue weighted by Gasteiger charge is -2.13. The van der Waals surface area contributed by atoms with Gasteiger partial charge >= 0.3 is 0 Å². The first-order chi connectivity index (χ1) is 11.2. The summed E-state index contributed by atoms with van der Waals surface area (Å²) in [7, 11) is 0. The van der Waals surface area contributed by atoms with Gasteiger partial charge < -0.3 is 9.88 Å². The van der Waals surface area contributed by atoms with Crippen molar-refractivity contribution in [2.24, 2.45) is 0 Å². The van der Waals surface area contributed by atoms with Crippen LogP contribution in [0.15, 0.2) is 43.0 Å². The van der Waals surface area contributed by atoms with Crippen molar-refractivity contribution in [3.05, 3.63) is 54.1 Å². The van der Waals surface area contributed by atoms with Crippen molar-refractivity contribution in [2.75, 3.05) is 13.1 Å². The predicted octanol–water partition coefficient (Wildman–Crippen LogP) is 0.686. The van der Waals surface area contributed by atoms with Crippen molar-refractivity contribution in [3.63, 3.8) is 0 Å². The fourth-order valence-electron chi connectivity index (χ4n) is 2.49. The average molecular weight is 312 g/mol. The molecule has 3 amide bonds. The lowest BCUT2D eigenvalue weighted by Crippen LogP contribution is -2.40. The lowest BCUT2D eigenvalue weighted by atomic mass is 10.1. The molecule has 0 unspecified atom stereocenters. The molecule has 2 heterocycles. The van der Waals surface area contributed by atoms with Crippen LogP contribution < -0.4 is 5.32 Å². The van der Waals surface area contributed by atoms with Crippen LogP contribution >= 0.6 is 0 Å².